The van der Waals surface area contributed by atoms with Gasteiger partial charge in [0.15, 0.2) is 0 Å². The van der Waals surface area contributed by atoms with Gasteiger partial charge >= 0.3 is 11.9 Å². The fourth-order valence-electron chi connectivity index (χ4n) is 4.03. The standard InChI is InChI=1S/C21H19BrF4N4O3S/c1-34(32,33)8-2-7-28-15-5-6-27-10-14(15)19(22)18(28)11-29-17-9-13(23)3-4-16(17)30(20(29)31)12-21(24,25)26/h3-6,9-10H,2,7-8,11-12H2,1H3. The number of imidazole rings is 1. The van der Waals surface area contributed by atoms with Crippen LogP contribution in [0.4, 0.5) is 17.6 Å². The Morgan fingerprint density at radius 1 is 1.06 bits per heavy atom. The molecular weight excluding hydrogens is 544 g/mol. The highest BCUT2D eigenvalue weighted by Crippen LogP contribution is 2.32. The summed E-state index contributed by atoms with van der Waals surface area (Å²) in [6.07, 6.45) is -0.0906. The average molecular weight is 563 g/mol. The fourth-order valence-corrected chi connectivity index (χ4v) is 5.33. The molecule has 0 amide bonds. The quantitative estimate of drug-likeness (QED) is 0.318. The van der Waals surface area contributed by atoms with Gasteiger partial charge in [-0.25, -0.2) is 17.6 Å². The minimum atomic E-state index is -4.65. The van der Waals surface area contributed by atoms with Crippen LogP contribution >= 0.6 is 15.9 Å². The van der Waals surface area contributed by atoms with Gasteiger partial charge in [-0.3, -0.25) is 14.1 Å². The molecule has 0 unspecified atom stereocenters. The van der Waals surface area contributed by atoms with Gasteiger partial charge in [-0.2, -0.15) is 13.2 Å². The summed E-state index contributed by atoms with van der Waals surface area (Å²) in [7, 11) is -3.21. The highest BCUT2D eigenvalue weighted by molar-refractivity contribution is 9.10. The molecule has 13 heteroatoms. The summed E-state index contributed by atoms with van der Waals surface area (Å²) < 4.78 is 80.7. The zero-order chi connectivity index (χ0) is 24.8. The van der Waals surface area contributed by atoms with Gasteiger partial charge in [0, 0.05) is 35.1 Å². The van der Waals surface area contributed by atoms with E-state index in [0.29, 0.717) is 25.6 Å². The van der Waals surface area contributed by atoms with Crippen molar-refractivity contribution in [2.45, 2.75) is 32.2 Å². The topological polar surface area (TPSA) is 78.9 Å². The zero-order valence-corrected chi connectivity index (χ0v) is 20.2. The molecule has 4 rings (SSSR count). The van der Waals surface area contributed by atoms with E-state index in [0.717, 1.165) is 29.0 Å². The number of aryl methyl sites for hydroxylation is 1. The largest absolute Gasteiger partial charge is 0.406 e. The van der Waals surface area contributed by atoms with Crippen molar-refractivity contribution in [2.24, 2.45) is 0 Å². The summed E-state index contributed by atoms with van der Waals surface area (Å²) in [6.45, 7) is -1.40. The first-order valence-corrected chi connectivity index (χ1v) is 12.9. The Labute approximate surface area is 199 Å². The monoisotopic (exact) mass is 562 g/mol. The molecule has 0 saturated heterocycles. The fraction of sp³-hybridized carbons (Fsp3) is 0.333. The van der Waals surface area contributed by atoms with Crippen LogP contribution in [0.3, 0.4) is 0 Å². The Morgan fingerprint density at radius 2 is 1.79 bits per heavy atom. The highest BCUT2D eigenvalue weighted by Gasteiger charge is 2.31. The molecule has 3 heterocycles. The van der Waals surface area contributed by atoms with Crippen LogP contribution in [0.25, 0.3) is 21.9 Å². The van der Waals surface area contributed by atoms with Crippen LogP contribution < -0.4 is 5.69 Å². The molecule has 0 fully saturated rings. The minimum Gasteiger partial charge on any atom is -0.342 e. The van der Waals surface area contributed by atoms with Crippen molar-refractivity contribution in [3.05, 3.63) is 63.1 Å². The third kappa shape index (κ3) is 4.90. The van der Waals surface area contributed by atoms with Gasteiger partial charge in [0.05, 0.1) is 34.5 Å². The number of hydrogen-bond donors (Lipinski definition) is 0. The molecule has 4 aromatic rings. The average Bonchev–Trinajstić information content (AvgIpc) is 3.13. The van der Waals surface area contributed by atoms with Gasteiger partial charge in [0.1, 0.15) is 22.2 Å². The van der Waals surface area contributed by atoms with E-state index >= 15 is 0 Å². The SMILES string of the molecule is CS(=O)(=O)CCCn1c(Cn2c(=O)n(CC(F)(F)F)c3ccc(F)cc32)c(Br)c2cnccc21. The van der Waals surface area contributed by atoms with Gasteiger partial charge in [-0.1, -0.05) is 0 Å². The maximum atomic E-state index is 14.0. The number of pyridine rings is 1. The molecule has 3 aromatic heterocycles. The number of nitrogens with zero attached hydrogens (tertiary/aromatic N) is 4. The van der Waals surface area contributed by atoms with Crippen LogP contribution in [0, 0.1) is 5.82 Å². The zero-order valence-electron chi connectivity index (χ0n) is 17.8. The second kappa shape index (κ2) is 8.84. The summed E-state index contributed by atoms with van der Waals surface area (Å²) in [6, 6.07) is 4.90. The lowest BCUT2D eigenvalue weighted by Gasteiger charge is -2.12. The lowest BCUT2D eigenvalue weighted by molar-refractivity contribution is -0.140. The summed E-state index contributed by atoms with van der Waals surface area (Å²) in [4.78, 5) is 17.1. The van der Waals surface area contributed by atoms with Crippen LogP contribution in [-0.2, 0) is 29.5 Å². The number of aromatic nitrogens is 4. The maximum Gasteiger partial charge on any atom is 0.406 e. The first-order valence-electron chi connectivity index (χ1n) is 10.1. The first kappa shape index (κ1) is 24.5. The number of fused-ring (bicyclic) bond motifs is 2. The molecule has 0 N–H and O–H groups in total. The van der Waals surface area contributed by atoms with Crippen LogP contribution in [0.1, 0.15) is 12.1 Å². The van der Waals surface area contributed by atoms with E-state index in [9.17, 15) is 30.8 Å². The molecule has 0 saturated carbocycles. The van der Waals surface area contributed by atoms with Crippen molar-refractivity contribution >= 4 is 47.7 Å². The Bertz CT molecular complexity index is 1550. The molecule has 1 aromatic carbocycles. The Hall–Kier alpha value is -2.67. The Balaban J connectivity index is 1.87. The smallest absolute Gasteiger partial charge is 0.342 e. The van der Waals surface area contributed by atoms with Crippen molar-refractivity contribution in [3.63, 3.8) is 0 Å². The lowest BCUT2D eigenvalue weighted by atomic mass is 10.3. The van der Waals surface area contributed by atoms with Crippen LogP contribution in [0.5, 0.6) is 0 Å². The summed E-state index contributed by atoms with van der Waals surface area (Å²) in [5.74, 6) is -0.757. The van der Waals surface area contributed by atoms with Gasteiger partial charge in [-0.15, -0.1) is 0 Å². The predicted octanol–water partition coefficient (Wildman–Crippen LogP) is 4.10. The second-order valence-corrected chi connectivity index (χ2v) is 11.0. The molecule has 182 valence electrons. The Kier molecular flexibility index (Phi) is 6.36. The number of halogens is 5. The predicted molar refractivity (Wildman–Crippen MR) is 123 cm³/mol. The molecule has 0 spiro atoms. The number of rotatable bonds is 7. The molecule has 0 aliphatic heterocycles. The van der Waals surface area contributed by atoms with E-state index in [1.165, 1.54) is 0 Å². The van der Waals surface area contributed by atoms with Crippen LogP contribution in [-0.4, -0.2) is 45.3 Å². The third-order valence-electron chi connectivity index (χ3n) is 5.43. The van der Waals surface area contributed by atoms with Crippen molar-refractivity contribution < 1.29 is 26.0 Å². The lowest BCUT2D eigenvalue weighted by Crippen LogP contribution is -2.30. The van der Waals surface area contributed by atoms with E-state index in [2.05, 4.69) is 20.9 Å². The normalized spacial score (nSPS) is 12.8. The number of alkyl halides is 3. The van der Waals surface area contributed by atoms with E-state index in [-0.39, 0.29) is 36.3 Å². The molecule has 0 radical (unpaired) electrons. The molecule has 34 heavy (non-hydrogen) atoms. The molecular formula is C21H19BrF4N4O3S. The van der Waals surface area contributed by atoms with Gasteiger partial charge < -0.3 is 4.57 Å². The van der Waals surface area contributed by atoms with E-state index < -0.39 is 34.1 Å². The number of hydrogen-bond acceptors (Lipinski definition) is 4. The second-order valence-electron chi connectivity index (χ2n) is 7.99. The van der Waals surface area contributed by atoms with E-state index in [4.69, 9.17) is 0 Å². The molecule has 0 aliphatic rings. The van der Waals surface area contributed by atoms with Crippen molar-refractivity contribution in [1.82, 2.24) is 18.7 Å². The number of sulfone groups is 1. The molecule has 0 atom stereocenters. The van der Waals surface area contributed by atoms with Crippen molar-refractivity contribution in [3.8, 4) is 0 Å². The van der Waals surface area contributed by atoms with E-state index in [1.807, 2.05) is 0 Å². The van der Waals surface area contributed by atoms with Crippen LogP contribution in [0.2, 0.25) is 0 Å². The van der Waals surface area contributed by atoms with Gasteiger partial charge in [0.25, 0.3) is 0 Å². The van der Waals surface area contributed by atoms with E-state index in [1.54, 1.807) is 23.0 Å². The molecule has 0 bridgehead atoms. The Morgan fingerprint density at radius 3 is 2.47 bits per heavy atom. The molecule has 7 nitrogen and oxygen atoms in total. The number of benzene rings is 1. The minimum absolute atomic E-state index is 0.0206. The van der Waals surface area contributed by atoms with Gasteiger partial charge in [0.2, 0.25) is 0 Å². The summed E-state index contributed by atoms with van der Waals surface area (Å²) in [5, 5.41) is 0.690. The maximum absolute atomic E-state index is 14.0. The summed E-state index contributed by atoms with van der Waals surface area (Å²) in [5.41, 5.74) is 0.280. The van der Waals surface area contributed by atoms with Crippen LogP contribution in [0.15, 0.2) is 45.9 Å². The van der Waals surface area contributed by atoms with Crippen molar-refractivity contribution in [2.75, 3.05) is 12.0 Å². The highest BCUT2D eigenvalue weighted by atomic mass is 79.9. The third-order valence-corrected chi connectivity index (χ3v) is 7.34. The van der Waals surface area contributed by atoms with Gasteiger partial charge in [-0.05, 0) is 46.6 Å². The molecule has 0 aliphatic carbocycles. The first-order chi connectivity index (χ1) is 15.9. The summed E-state index contributed by atoms with van der Waals surface area (Å²) >= 11 is 3.50. The van der Waals surface area contributed by atoms with Crippen molar-refractivity contribution in [1.29, 1.82) is 0 Å².